The molecule has 2 atom stereocenters. The first kappa shape index (κ1) is 14.4. The minimum Gasteiger partial charge on any atom is -0.371 e. The van der Waals surface area contributed by atoms with Gasteiger partial charge in [0.25, 0.3) is 0 Å². The largest absolute Gasteiger partial charge is 0.371 e. The van der Waals surface area contributed by atoms with E-state index in [1.807, 2.05) is 23.9 Å². The molecule has 0 bridgehead atoms. The first-order valence-electron chi connectivity index (χ1n) is 8.12. The standard InChI is InChI=1S/C17H23N3OS/c1-14-3-4-16(22-14)10-19-7-2-5-17(12-19)9-15(11-21-17)20-8-6-18-13-20/h3-4,6,8,13,15H,2,5,7,9-12H2,1H3. The highest BCUT2D eigenvalue weighted by molar-refractivity contribution is 7.11. The fraction of sp³-hybridized carbons (Fsp3) is 0.588. The zero-order valence-corrected chi connectivity index (χ0v) is 13.9. The van der Waals surface area contributed by atoms with E-state index in [0.29, 0.717) is 6.04 Å². The summed E-state index contributed by atoms with van der Waals surface area (Å²) < 4.78 is 8.51. The molecule has 2 aliphatic heterocycles. The normalized spacial score (nSPS) is 29.4. The number of hydrogen-bond acceptors (Lipinski definition) is 4. The van der Waals surface area contributed by atoms with Crippen LogP contribution in [0.25, 0.3) is 0 Å². The zero-order valence-electron chi connectivity index (χ0n) is 13.1. The van der Waals surface area contributed by atoms with Crippen molar-refractivity contribution in [3.63, 3.8) is 0 Å². The minimum absolute atomic E-state index is 0.0551. The van der Waals surface area contributed by atoms with E-state index in [-0.39, 0.29) is 5.60 Å². The van der Waals surface area contributed by atoms with Gasteiger partial charge in [0.05, 0.1) is 24.6 Å². The summed E-state index contributed by atoms with van der Waals surface area (Å²) in [6, 6.07) is 4.94. The monoisotopic (exact) mass is 317 g/mol. The van der Waals surface area contributed by atoms with Gasteiger partial charge in [-0.3, -0.25) is 4.90 Å². The lowest BCUT2D eigenvalue weighted by molar-refractivity contribution is -0.0532. The summed E-state index contributed by atoms with van der Waals surface area (Å²) in [5.74, 6) is 0. The number of likely N-dealkylation sites (tertiary alicyclic amines) is 1. The summed E-state index contributed by atoms with van der Waals surface area (Å²) in [5, 5.41) is 0. The van der Waals surface area contributed by atoms with Crippen LogP contribution >= 0.6 is 11.3 Å². The SMILES string of the molecule is Cc1ccc(CN2CCCC3(CC(n4ccnc4)CO3)C2)s1. The lowest BCUT2D eigenvalue weighted by Crippen LogP contribution is -2.47. The lowest BCUT2D eigenvalue weighted by Gasteiger charge is -2.39. The number of ether oxygens (including phenoxy) is 1. The molecule has 0 amide bonds. The van der Waals surface area contributed by atoms with Crippen molar-refractivity contribution in [2.75, 3.05) is 19.7 Å². The second-order valence-corrected chi connectivity index (χ2v) is 8.06. The smallest absolute Gasteiger partial charge is 0.0949 e. The maximum Gasteiger partial charge on any atom is 0.0949 e. The average molecular weight is 317 g/mol. The van der Waals surface area contributed by atoms with Crippen LogP contribution in [0.15, 0.2) is 30.9 Å². The molecule has 0 N–H and O–H groups in total. The first-order valence-corrected chi connectivity index (χ1v) is 8.93. The number of aromatic nitrogens is 2. The van der Waals surface area contributed by atoms with Gasteiger partial charge in [-0.2, -0.15) is 0 Å². The predicted molar refractivity (Wildman–Crippen MR) is 88.1 cm³/mol. The van der Waals surface area contributed by atoms with Crippen molar-refractivity contribution in [3.8, 4) is 0 Å². The van der Waals surface area contributed by atoms with Crippen molar-refractivity contribution >= 4 is 11.3 Å². The molecule has 2 aliphatic rings. The van der Waals surface area contributed by atoms with Crippen molar-refractivity contribution in [1.82, 2.24) is 14.5 Å². The molecule has 5 heteroatoms. The molecule has 0 aliphatic carbocycles. The number of imidazole rings is 1. The van der Waals surface area contributed by atoms with Gasteiger partial charge in [-0.15, -0.1) is 11.3 Å². The highest BCUT2D eigenvalue weighted by atomic mass is 32.1. The predicted octanol–water partition coefficient (Wildman–Crippen LogP) is 3.25. The molecule has 2 fully saturated rings. The number of nitrogens with zero attached hydrogens (tertiary/aromatic N) is 3. The van der Waals surface area contributed by atoms with Crippen molar-refractivity contribution < 1.29 is 4.74 Å². The Morgan fingerprint density at radius 1 is 1.45 bits per heavy atom. The second kappa shape index (κ2) is 5.80. The zero-order chi connectivity index (χ0) is 15.0. The molecular weight excluding hydrogens is 294 g/mol. The molecule has 0 radical (unpaired) electrons. The highest BCUT2D eigenvalue weighted by Gasteiger charge is 2.43. The molecule has 22 heavy (non-hydrogen) atoms. The Bertz CT molecular complexity index is 624. The fourth-order valence-corrected chi connectivity index (χ4v) is 4.83. The molecule has 4 nitrogen and oxygen atoms in total. The van der Waals surface area contributed by atoms with E-state index in [1.54, 1.807) is 0 Å². The summed E-state index contributed by atoms with van der Waals surface area (Å²) >= 11 is 1.92. The maximum absolute atomic E-state index is 6.30. The maximum atomic E-state index is 6.30. The third kappa shape index (κ3) is 2.85. The van der Waals surface area contributed by atoms with Gasteiger partial charge in [0, 0.05) is 41.7 Å². The molecule has 0 aromatic carbocycles. The van der Waals surface area contributed by atoms with E-state index in [4.69, 9.17) is 4.74 Å². The topological polar surface area (TPSA) is 30.3 Å². The van der Waals surface area contributed by atoms with E-state index < -0.39 is 0 Å². The fourth-order valence-electron chi connectivity index (χ4n) is 3.90. The molecule has 4 heterocycles. The summed E-state index contributed by atoms with van der Waals surface area (Å²) in [6.07, 6.45) is 9.38. The van der Waals surface area contributed by atoms with Crippen molar-refractivity contribution in [3.05, 3.63) is 40.6 Å². The molecule has 2 aromatic rings. The van der Waals surface area contributed by atoms with Crippen LogP contribution in [0.1, 0.15) is 35.1 Å². The van der Waals surface area contributed by atoms with E-state index in [2.05, 4.69) is 39.7 Å². The number of piperidine rings is 1. The molecule has 118 valence electrons. The molecule has 4 rings (SSSR count). The molecule has 2 aromatic heterocycles. The van der Waals surface area contributed by atoms with Gasteiger partial charge in [0.2, 0.25) is 0 Å². The molecule has 2 unspecified atom stereocenters. The van der Waals surface area contributed by atoms with E-state index in [9.17, 15) is 0 Å². The lowest BCUT2D eigenvalue weighted by atomic mass is 9.88. The van der Waals surface area contributed by atoms with Crippen molar-refractivity contribution in [2.24, 2.45) is 0 Å². The van der Waals surface area contributed by atoms with E-state index >= 15 is 0 Å². The van der Waals surface area contributed by atoms with Crippen LogP contribution in [0.2, 0.25) is 0 Å². The van der Waals surface area contributed by atoms with Crippen LogP contribution < -0.4 is 0 Å². The van der Waals surface area contributed by atoms with Gasteiger partial charge in [0.1, 0.15) is 0 Å². The van der Waals surface area contributed by atoms with E-state index in [1.165, 1.54) is 29.1 Å². The Kier molecular flexibility index (Phi) is 3.80. The van der Waals surface area contributed by atoms with Crippen LogP contribution in [0, 0.1) is 6.92 Å². The minimum atomic E-state index is 0.0551. The number of thiophene rings is 1. The van der Waals surface area contributed by atoms with Gasteiger partial charge >= 0.3 is 0 Å². The first-order chi connectivity index (χ1) is 10.7. The molecular formula is C17H23N3OS. The number of aryl methyl sites for hydroxylation is 1. The van der Waals surface area contributed by atoms with Gasteiger partial charge in [-0.05, 0) is 38.4 Å². The summed E-state index contributed by atoms with van der Waals surface area (Å²) in [5.41, 5.74) is 0.0551. The third-order valence-corrected chi connectivity index (χ3v) is 5.92. The Morgan fingerprint density at radius 2 is 2.41 bits per heavy atom. The molecule has 1 spiro atoms. The van der Waals surface area contributed by atoms with Gasteiger partial charge in [0.15, 0.2) is 0 Å². The summed E-state index contributed by atoms with van der Waals surface area (Å²) in [7, 11) is 0. The van der Waals surface area contributed by atoms with Crippen LogP contribution in [0.5, 0.6) is 0 Å². The van der Waals surface area contributed by atoms with Crippen LogP contribution in [-0.2, 0) is 11.3 Å². The van der Waals surface area contributed by atoms with Gasteiger partial charge < -0.3 is 9.30 Å². The number of rotatable bonds is 3. The summed E-state index contributed by atoms with van der Waals surface area (Å²) in [4.78, 5) is 9.62. The quantitative estimate of drug-likeness (QED) is 0.870. The van der Waals surface area contributed by atoms with Crippen LogP contribution in [0.3, 0.4) is 0 Å². The third-order valence-electron chi connectivity index (χ3n) is 4.93. The Labute approximate surface area is 135 Å². The van der Waals surface area contributed by atoms with E-state index in [0.717, 1.165) is 26.1 Å². The Balaban J connectivity index is 1.42. The average Bonchev–Trinajstić information content (AvgIpc) is 3.21. The van der Waals surface area contributed by atoms with Crippen molar-refractivity contribution in [2.45, 2.75) is 44.4 Å². The number of hydrogen-bond donors (Lipinski definition) is 0. The van der Waals surface area contributed by atoms with Gasteiger partial charge in [-0.1, -0.05) is 0 Å². The second-order valence-electron chi connectivity index (χ2n) is 6.69. The van der Waals surface area contributed by atoms with Crippen molar-refractivity contribution in [1.29, 1.82) is 0 Å². The van der Waals surface area contributed by atoms with Crippen LogP contribution in [-0.4, -0.2) is 39.7 Å². The van der Waals surface area contributed by atoms with Gasteiger partial charge in [-0.25, -0.2) is 4.98 Å². The Hall–Kier alpha value is -1.17. The molecule has 0 saturated carbocycles. The molecule has 2 saturated heterocycles. The Morgan fingerprint density at radius 3 is 3.18 bits per heavy atom. The highest BCUT2D eigenvalue weighted by Crippen LogP contribution is 2.39. The summed E-state index contributed by atoms with van der Waals surface area (Å²) in [6.45, 7) is 6.33. The van der Waals surface area contributed by atoms with Crippen LogP contribution in [0.4, 0.5) is 0 Å².